The summed E-state index contributed by atoms with van der Waals surface area (Å²) in [6.07, 6.45) is -5.22. The van der Waals surface area contributed by atoms with Gasteiger partial charge in [0.2, 0.25) is 0 Å². The second-order valence-corrected chi connectivity index (χ2v) is 19.8. The number of fused-ring (bicyclic) bond motifs is 5. The van der Waals surface area contributed by atoms with E-state index in [0.29, 0.717) is 18.6 Å². The summed E-state index contributed by atoms with van der Waals surface area (Å²) in [6.45, 7) is 13.9. The van der Waals surface area contributed by atoms with Gasteiger partial charge in [0, 0.05) is 44.1 Å². The van der Waals surface area contributed by atoms with Gasteiger partial charge in [-0.3, -0.25) is 24.0 Å². The first-order valence-electron chi connectivity index (χ1n) is 24.5. The van der Waals surface area contributed by atoms with Crippen molar-refractivity contribution in [2.24, 2.45) is 16.7 Å². The summed E-state index contributed by atoms with van der Waals surface area (Å²) in [5.74, 6) is -6.95. The Kier molecular flexibility index (Phi) is 17.7. The molecule has 73 heavy (non-hydrogen) atoms. The number of nitrogens with one attached hydrogen (secondary N) is 1. The number of carbonyl (C=O) groups is 7. The van der Waals surface area contributed by atoms with Gasteiger partial charge in [-0.15, -0.1) is 0 Å². The molecular weight excluding hydrogens is 943 g/mol. The highest BCUT2D eigenvalue weighted by Gasteiger charge is 2.78. The summed E-state index contributed by atoms with van der Waals surface area (Å²) in [7, 11) is 0. The van der Waals surface area contributed by atoms with Crippen LogP contribution in [0.5, 0.6) is 0 Å². The Balaban J connectivity index is 0.000000707. The van der Waals surface area contributed by atoms with E-state index in [1.807, 2.05) is 0 Å². The Labute approximate surface area is 425 Å². The van der Waals surface area contributed by atoms with Crippen molar-refractivity contribution in [3.63, 3.8) is 0 Å². The normalized spacial score (nSPS) is 28.4. The highest BCUT2D eigenvalue weighted by molar-refractivity contribution is 5.96. The maximum atomic E-state index is 15.5. The molecule has 392 valence electrons. The van der Waals surface area contributed by atoms with Crippen LogP contribution in [0.15, 0.2) is 115 Å². The molecule has 4 N–H and O–H groups in total. The van der Waals surface area contributed by atoms with Crippen LogP contribution in [-0.2, 0) is 52.4 Å². The first-order chi connectivity index (χ1) is 34.6. The third kappa shape index (κ3) is 11.2. The Hall–Kier alpha value is -6.53. The standard InChI is InChI=1S/C47H51NO14.C9H16O2/c1-25-31(60-43(56)36(52)35(28-16-10-7-11-17-28)48-41(54)29-18-12-8-13-19-29)23-47(57)40(61-42(55)30-20-14-9-15-21-30)38-45(6,32(51)22-33-46(38,24-58-33)62-27(3)50)39(53)37(59-26(2)49)34(25)44(47,4)5;1-3-5-6-7-9(10)11-8-4-2/h7-21,31-33,35-38,40,51-52,57H,22-24H2,1-6H3,(H,48,54);4H,2-3,5-8H2,1H3/t31-,32-,33+,35-,36+,37+,38-,40-,45+,46-,47+;/m0./s1. The van der Waals surface area contributed by atoms with Crippen LogP contribution >= 0.6 is 0 Å². The number of ether oxygens (including phenoxy) is 6. The van der Waals surface area contributed by atoms with Gasteiger partial charge in [0.05, 0.1) is 35.6 Å². The summed E-state index contributed by atoms with van der Waals surface area (Å²) >= 11 is 0. The molecule has 2 bridgehead atoms. The molecule has 3 aromatic carbocycles. The monoisotopic (exact) mass is 1010 g/mol. The quantitative estimate of drug-likeness (QED) is 0.0554. The molecule has 4 aliphatic rings. The van der Waals surface area contributed by atoms with E-state index >= 15 is 4.79 Å². The van der Waals surface area contributed by atoms with Crippen LogP contribution < -0.4 is 5.32 Å². The third-order valence-corrected chi connectivity index (χ3v) is 14.8. The maximum absolute atomic E-state index is 15.5. The van der Waals surface area contributed by atoms with Crippen molar-refractivity contribution in [1.82, 2.24) is 5.32 Å². The van der Waals surface area contributed by atoms with Crippen LogP contribution in [0.25, 0.3) is 0 Å². The number of unbranched alkanes of at least 4 members (excludes halogenated alkanes) is 2. The number of rotatable bonds is 16. The van der Waals surface area contributed by atoms with Crippen LogP contribution in [0.1, 0.15) is 119 Å². The molecular formula is C56H67NO16. The second kappa shape index (κ2) is 23.1. The van der Waals surface area contributed by atoms with Crippen molar-refractivity contribution < 1.29 is 77.3 Å². The molecule has 3 aromatic rings. The SMILES string of the molecule is C=CCOC(=O)CCCCC.CC(=O)O[C@H]1C(=O)[C@@]2(C)[C@H]([C@H](OC(=O)c3ccccc3)[C@]3(O)C[C@H](OC(=O)[C@H](O)[C@@H](NC(=O)c4ccccc4)c4ccccc4)C(C)=C1C3(C)C)[C@]1(OC(C)=O)CO[C@@H]1C[C@@H]2O. The molecule has 17 nitrogen and oxygen atoms in total. The van der Waals surface area contributed by atoms with Gasteiger partial charge in [0.1, 0.15) is 30.5 Å². The van der Waals surface area contributed by atoms with Gasteiger partial charge >= 0.3 is 29.8 Å². The predicted molar refractivity (Wildman–Crippen MR) is 263 cm³/mol. The zero-order chi connectivity index (χ0) is 53.5. The largest absolute Gasteiger partial charge is 0.461 e. The zero-order valence-corrected chi connectivity index (χ0v) is 42.4. The summed E-state index contributed by atoms with van der Waals surface area (Å²) in [6, 6.07) is 22.9. The molecule has 1 heterocycles. The molecule has 1 amide bonds. The van der Waals surface area contributed by atoms with Crippen molar-refractivity contribution in [3.8, 4) is 0 Å². The highest BCUT2D eigenvalue weighted by Crippen LogP contribution is 2.64. The lowest BCUT2D eigenvalue weighted by atomic mass is 9.44. The van der Waals surface area contributed by atoms with Gasteiger partial charge in [-0.25, -0.2) is 9.59 Å². The number of hydrogen-bond donors (Lipinski definition) is 4. The van der Waals surface area contributed by atoms with E-state index in [4.69, 9.17) is 28.4 Å². The topological polar surface area (TPSA) is 248 Å². The van der Waals surface area contributed by atoms with Crippen LogP contribution in [-0.4, -0.2) is 118 Å². The fourth-order valence-corrected chi connectivity index (χ4v) is 10.9. The van der Waals surface area contributed by atoms with Crippen molar-refractivity contribution in [2.45, 2.75) is 141 Å². The molecule has 1 saturated heterocycles. The van der Waals surface area contributed by atoms with Crippen LogP contribution in [0.4, 0.5) is 0 Å². The Morgan fingerprint density at radius 2 is 1.47 bits per heavy atom. The average molecular weight is 1010 g/mol. The molecule has 2 saturated carbocycles. The zero-order valence-electron chi connectivity index (χ0n) is 42.4. The molecule has 17 heteroatoms. The minimum Gasteiger partial charge on any atom is -0.461 e. The van der Waals surface area contributed by atoms with E-state index in [9.17, 15) is 44.1 Å². The smallest absolute Gasteiger partial charge is 0.338 e. The first kappa shape index (κ1) is 55.8. The third-order valence-electron chi connectivity index (χ3n) is 14.8. The van der Waals surface area contributed by atoms with Crippen molar-refractivity contribution in [2.75, 3.05) is 13.2 Å². The summed E-state index contributed by atoms with van der Waals surface area (Å²) in [4.78, 5) is 94.3. The average Bonchev–Trinajstić information content (AvgIpc) is 3.36. The molecule has 1 aliphatic heterocycles. The van der Waals surface area contributed by atoms with Gasteiger partial charge < -0.3 is 49.1 Å². The van der Waals surface area contributed by atoms with E-state index in [2.05, 4.69) is 18.8 Å². The number of aliphatic hydroxyl groups is 3. The molecule has 0 unspecified atom stereocenters. The number of amides is 1. The molecule has 0 radical (unpaired) electrons. The summed E-state index contributed by atoms with van der Waals surface area (Å²) in [5, 5.41) is 40.2. The Morgan fingerprint density at radius 1 is 0.863 bits per heavy atom. The van der Waals surface area contributed by atoms with Crippen molar-refractivity contribution in [3.05, 3.63) is 131 Å². The van der Waals surface area contributed by atoms with Gasteiger partial charge in [-0.2, -0.15) is 0 Å². The number of aliphatic hydroxyl groups excluding tert-OH is 2. The van der Waals surface area contributed by atoms with Crippen molar-refractivity contribution in [1.29, 1.82) is 0 Å². The Morgan fingerprint density at radius 3 is 2.01 bits per heavy atom. The Bertz CT molecular complexity index is 2550. The summed E-state index contributed by atoms with van der Waals surface area (Å²) in [5.41, 5.74) is -7.02. The molecule has 3 fully saturated rings. The predicted octanol–water partition coefficient (Wildman–Crippen LogP) is 6.03. The number of esters is 5. The molecule has 3 aliphatic carbocycles. The second-order valence-electron chi connectivity index (χ2n) is 19.8. The number of hydrogen-bond acceptors (Lipinski definition) is 16. The fraction of sp³-hybridized carbons (Fsp3) is 0.482. The van der Waals surface area contributed by atoms with Crippen molar-refractivity contribution >= 4 is 41.5 Å². The number of ketones is 1. The van der Waals surface area contributed by atoms with E-state index in [1.165, 1.54) is 26.0 Å². The summed E-state index contributed by atoms with van der Waals surface area (Å²) < 4.78 is 35.1. The minimum absolute atomic E-state index is 0.00289. The van der Waals surface area contributed by atoms with Gasteiger partial charge in [-0.05, 0) is 61.2 Å². The number of carbonyl (C=O) groups excluding carboxylic acids is 7. The van der Waals surface area contributed by atoms with Crippen LogP contribution in [0.2, 0.25) is 0 Å². The van der Waals surface area contributed by atoms with Gasteiger partial charge in [-0.1, -0.05) is 113 Å². The first-order valence-corrected chi connectivity index (χ1v) is 24.5. The molecule has 0 spiro atoms. The number of benzene rings is 3. The fourth-order valence-electron chi connectivity index (χ4n) is 10.9. The van der Waals surface area contributed by atoms with E-state index in [-0.39, 0.29) is 41.3 Å². The van der Waals surface area contributed by atoms with E-state index in [1.54, 1.807) is 98.8 Å². The van der Waals surface area contributed by atoms with Gasteiger partial charge in [0.25, 0.3) is 5.91 Å². The minimum atomic E-state index is -2.39. The van der Waals surface area contributed by atoms with E-state index in [0.717, 1.165) is 33.1 Å². The lowest BCUT2D eigenvalue weighted by molar-refractivity contribution is -0.346. The number of Topliss-reactive ketones (excluding diaryl/α,β-unsaturated/α-hetero) is 1. The van der Waals surface area contributed by atoms with Crippen LogP contribution in [0.3, 0.4) is 0 Å². The lowest BCUT2D eigenvalue weighted by Gasteiger charge is -2.67. The molecule has 7 rings (SSSR count). The van der Waals surface area contributed by atoms with E-state index < -0.39 is 113 Å². The lowest BCUT2D eigenvalue weighted by Crippen LogP contribution is -2.82. The molecule has 0 aromatic heterocycles. The maximum Gasteiger partial charge on any atom is 0.338 e. The molecule has 11 atom stereocenters. The highest BCUT2D eigenvalue weighted by atomic mass is 16.6. The van der Waals surface area contributed by atoms with Crippen LogP contribution in [0, 0.1) is 16.7 Å². The van der Waals surface area contributed by atoms with Gasteiger partial charge in [0.15, 0.2) is 23.6 Å².